The minimum atomic E-state index is -3.54. The van der Waals surface area contributed by atoms with Crippen LogP contribution in [-0.4, -0.2) is 87.7 Å². The number of carbonyl (C=O) groups excluding carboxylic acids is 2. The van der Waals surface area contributed by atoms with Crippen LogP contribution in [0.3, 0.4) is 0 Å². The molecule has 0 bridgehead atoms. The largest absolute Gasteiger partial charge is 0.347 e. The molecular formula is C18H28N4O4S. The minimum absolute atomic E-state index is 0.0348. The van der Waals surface area contributed by atoms with E-state index in [-0.39, 0.29) is 24.9 Å². The van der Waals surface area contributed by atoms with Crippen LogP contribution < -0.4 is 5.32 Å². The molecule has 2 amide bonds. The number of aryl methyl sites for hydroxylation is 2. The second kappa shape index (κ2) is 8.81. The molecule has 1 heterocycles. The summed E-state index contributed by atoms with van der Waals surface area (Å²) in [6.07, 6.45) is 0. The van der Waals surface area contributed by atoms with Crippen molar-refractivity contribution in [2.75, 3.05) is 53.4 Å². The van der Waals surface area contributed by atoms with Gasteiger partial charge in [-0.25, -0.2) is 8.42 Å². The Kier molecular flexibility index (Phi) is 6.96. The Hall–Kier alpha value is -1.97. The normalized spacial score (nSPS) is 16.1. The molecule has 150 valence electrons. The third-order valence-corrected chi connectivity index (χ3v) is 6.64. The Labute approximate surface area is 161 Å². The maximum absolute atomic E-state index is 12.9. The molecule has 1 aromatic rings. The van der Waals surface area contributed by atoms with Crippen LogP contribution in [0.5, 0.6) is 0 Å². The Morgan fingerprint density at radius 3 is 2.30 bits per heavy atom. The Bertz CT molecular complexity index is 800. The summed E-state index contributed by atoms with van der Waals surface area (Å²) in [6.45, 7) is 5.46. The number of hydrogen-bond acceptors (Lipinski definition) is 5. The second-order valence-corrected chi connectivity index (χ2v) is 8.92. The van der Waals surface area contributed by atoms with Crippen LogP contribution in [0.2, 0.25) is 0 Å². The van der Waals surface area contributed by atoms with Gasteiger partial charge in [-0.2, -0.15) is 4.31 Å². The first-order chi connectivity index (χ1) is 12.6. The molecule has 0 radical (unpaired) electrons. The predicted octanol–water partition coefficient (Wildman–Crippen LogP) is -0.186. The maximum atomic E-state index is 12.9. The van der Waals surface area contributed by atoms with Crippen LogP contribution >= 0.6 is 0 Å². The molecule has 9 heteroatoms. The molecule has 8 nitrogen and oxygen atoms in total. The summed E-state index contributed by atoms with van der Waals surface area (Å²) < 4.78 is 27.2. The van der Waals surface area contributed by atoms with Crippen LogP contribution in [0.4, 0.5) is 0 Å². The maximum Gasteiger partial charge on any atom is 0.243 e. The fourth-order valence-corrected chi connectivity index (χ4v) is 4.58. The summed E-state index contributed by atoms with van der Waals surface area (Å²) in [5, 5.41) is 2.59. The quantitative estimate of drug-likeness (QED) is 0.720. The number of likely N-dealkylation sites (N-methyl/N-ethyl adjacent to an activating group) is 1. The summed E-state index contributed by atoms with van der Waals surface area (Å²) in [4.78, 5) is 27.1. The highest BCUT2D eigenvalue weighted by molar-refractivity contribution is 7.89. The van der Waals surface area contributed by atoms with E-state index in [4.69, 9.17) is 0 Å². The van der Waals surface area contributed by atoms with Crippen LogP contribution in [-0.2, 0) is 19.6 Å². The van der Waals surface area contributed by atoms with Gasteiger partial charge in [-0.05, 0) is 25.5 Å². The van der Waals surface area contributed by atoms with Crippen molar-refractivity contribution in [3.63, 3.8) is 0 Å². The van der Waals surface area contributed by atoms with Gasteiger partial charge in [-0.3, -0.25) is 14.5 Å². The van der Waals surface area contributed by atoms with Gasteiger partial charge >= 0.3 is 0 Å². The van der Waals surface area contributed by atoms with Crippen molar-refractivity contribution >= 4 is 21.8 Å². The third-order valence-electron chi connectivity index (χ3n) is 4.58. The predicted molar refractivity (Wildman–Crippen MR) is 103 cm³/mol. The lowest BCUT2D eigenvalue weighted by Crippen LogP contribution is -2.51. The first-order valence-corrected chi connectivity index (χ1v) is 10.3. The number of benzene rings is 1. The zero-order valence-corrected chi connectivity index (χ0v) is 17.2. The molecule has 1 aliphatic rings. The van der Waals surface area contributed by atoms with Crippen molar-refractivity contribution in [3.05, 3.63) is 29.3 Å². The highest BCUT2D eigenvalue weighted by Gasteiger charge is 2.30. The van der Waals surface area contributed by atoms with E-state index in [0.29, 0.717) is 31.1 Å². The molecule has 0 unspecified atom stereocenters. The smallest absolute Gasteiger partial charge is 0.243 e. The fourth-order valence-electron chi connectivity index (χ4n) is 2.95. The van der Waals surface area contributed by atoms with E-state index in [1.165, 1.54) is 9.21 Å². The lowest BCUT2D eigenvalue weighted by Gasteiger charge is -2.33. The molecule has 1 aromatic carbocycles. The molecule has 0 saturated carbocycles. The van der Waals surface area contributed by atoms with Gasteiger partial charge in [0.15, 0.2) is 0 Å². The standard InChI is InChI=1S/C18H28N4O4S/c1-14-5-6-16(15(2)11-14)27(25,26)22-9-7-21(8-10-22)13-17(23)19-12-18(24)20(3)4/h5-6,11H,7-10,12-13H2,1-4H3,(H,19,23). The van der Waals surface area contributed by atoms with Gasteiger partial charge < -0.3 is 10.2 Å². The number of carbonyl (C=O) groups is 2. The summed E-state index contributed by atoms with van der Waals surface area (Å²) >= 11 is 0. The molecule has 1 fully saturated rings. The van der Waals surface area contributed by atoms with Crippen molar-refractivity contribution in [2.45, 2.75) is 18.7 Å². The number of hydrogen-bond donors (Lipinski definition) is 1. The first kappa shape index (κ1) is 21.3. The van der Waals surface area contributed by atoms with Gasteiger partial charge in [0.05, 0.1) is 18.0 Å². The summed E-state index contributed by atoms with van der Waals surface area (Å²) in [7, 11) is -0.279. The van der Waals surface area contributed by atoms with Crippen molar-refractivity contribution in [3.8, 4) is 0 Å². The molecule has 1 saturated heterocycles. The van der Waals surface area contributed by atoms with Crippen molar-refractivity contribution < 1.29 is 18.0 Å². The molecular weight excluding hydrogens is 368 g/mol. The highest BCUT2D eigenvalue weighted by Crippen LogP contribution is 2.22. The van der Waals surface area contributed by atoms with E-state index in [2.05, 4.69) is 5.32 Å². The fraction of sp³-hybridized carbons (Fsp3) is 0.556. The average molecular weight is 397 g/mol. The van der Waals surface area contributed by atoms with Gasteiger partial charge in [0.2, 0.25) is 21.8 Å². The summed E-state index contributed by atoms with van der Waals surface area (Å²) in [5.41, 5.74) is 1.76. The molecule has 1 aliphatic heterocycles. The molecule has 1 N–H and O–H groups in total. The van der Waals surface area contributed by atoms with E-state index in [1.807, 2.05) is 17.9 Å². The number of nitrogens with zero attached hydrogens (tertiary/aromatic N) is 3. The molecule has 0 aromatic heterocycles. The number of nitrogens with one attached hydrogen (secondary N) is 1. The Morgan fingerprint density at radius 1 is 1.11 bits per heavy atom. The third kappa shape index (κ3) is 5.50. The number of amides is 2. The second-order valence-electron chi connectivity index (χ2n) is 7.01. The minimum Gasteiger partial charge on any atom is -0.347 e. The molecule has 27 heavy (non-hydrogen) atoms. The van der Waals surface area contributed by atoms with Crippen molar-refractivity contribution in [1.29, 1.82) is 0 Å². The van der Waals surface area contributed by atoms with Gasteiger partial charge in [0.25, 0.3) is 0 Å². The number of rotatable bonds is 6. The SMILES string of the molecule is Cc1ccc(S(=O)(=O)N2CCN(CC(=O)NCC(=O)N(C)C)CC2)c(C)c1. The van der Waals surface area contributed by atoms with Gasteiger partial charge in [0.1, 0.15) is 0 Å². The average Bonchev–Trinajstić information content (AvgIpc) is 2.59. The van der Waals surface area contributed by atoms with Crippen molar-refractivity contribution in [1.82, 2.24) is 19.4 Å². The zero-order chi connectivity index (χ0) is 20.2. The first-order valence-electron chi connectivity index (χ1n) is 8.88. The van der Waals surface area contributed by atoms with Crippen LogP contribution in [0.15, 0.2) is 23.1 Å². The van der Waals surface area contributed by atoms with Gasteiger partial charge in [-0.1, -0.05) is 17.7 Å². The zero-order valence-electron chi connectivity index (χ0n) is 16.4. The topological polar surface area (TPSA) is 90.0 Å². The van der Waals surface area contributed by atoms with Gasteiger partial charge in [-0.15, -0.1) is 0 Å². The van der Waals surface area contributed by atoms with Crippen LogP contribution in [0.25, 0.3) is 0 Å². The lowest BCUT2D eigenvalue weighted by molar-refractivity contribution is -0.131. The van der Waals surface area contributed by atoms with E-state index in [9.17, 15) is 18.0 Å². The van der Waals surface area contributed by atoms with E-state index >= 15 is 0 Å². The summed E-state index contributed by atoms with van der Waals surface area (Å²) in [6, 6.07) is 5.32. The lowest BCUT2D eigenvalue weighted by atomic mass is 10.2. The number of sulfonamides is 1. The van der Waals surface area contributed by atoms with E-state index < -0.39 is 10.0 Å². The highest BCUT2D eigenvalue weighted by atomic mass is 32.2. The molecule has 0 aliphatic carbocycles. The van der Waals surface area contributed by atoms with Crippen molar-refractivity contribution in [2.24, 2.45) is 0 Å². The Balaban J connectivity index is 1.89. The van der Waals surface area contributed by atoms with Crippen LogP contribution in [0.1, 0.15) is 11.1 Å². The molecule has 2 rings (SSSR count). The van der Waals surface area contributed by atoms with E-state index in [1.54, 1.807) is 33.2 Å². The van der Waals surface area contributed by atoms with Gasteiger partial charge in [0, 0.05) is 40.3 Å². The summed E-state index contributed by atoms with van der Waals surface area (Å²) in [5.74, 6) is -0.413. The molecule has 0 atom stereocenters. The van der Waals surface area contributed by atoms with E-state index in [0.717, 1.165) is 11.1 Å². The van der Waals surface area contributed by atoms with Crippen LogP contribution in [0, 0.1) is 13.8 Å². The molecule has 0 spiro atoms. The Morgan fingerprint density at radius 2 is 1.74 bits per heavy atom. The monoisotopic (exact) mass is 396 g/mol. The number of piperazine rings is 1.